The van der Waals surface area contributed by atoms with Crippen LogP contribution in [0.1, 0.15) is 30.5 Å². The Labute approximate surface area is 178 Å². The highest BCUT2D eigenvalue weighted by Gasteiger charge is 2.62. The van der Waals surface area contributed by atoms with Gasteiger partial charge in [-0.1, -0.05) is 37.3 Å². The lowest BCUT2D eigenvalue weighted by Gasteiger charge is -2.51. The smallest absolute Gasteiger partial charge is 0.330 e. The summed E-state index contributed by atoms with van der Waals surface area (Å²) in [5.74, 6) is -1.27. The van der Waals surface area contributed by atoms with E-state index >= 15 is 0 Å². The molecule has 2 atom stereocenters. The van der Waals surface area contributed by atoms with Gasteiger partial charge < -0.3 is 4.90 Å². The maximum Gasteiger partial charge on any atom is 0.330 e. The maximum atomic E-state index is 13.8. The summed E-state index contributed by atoms with van der Waals surface area (Å²) in [6, 6.07) is 12.2. The number of anilines is 1. The molecule has 0 saturated carbocycles. The summed E-state index contributed by atoms with van der Waals surface area (Å²) < 4.78 is 0. The van der Waals surface area contributed by atoms with E-state index in [0.29, 0.717) is 17.7 Å². The van der Waals surface area contributed by atoms with Crippen molar-refractivity contribution in [2.24, 2.45) is 5.41 Å². The van der Waals surface area contributed by atoms with Crippen molar-refractivity contribution < 1.29 is 19.3 Å². The second-order valence-electron chi connectivity index (χ2n) is 7.86. The molecule has 4 amide bonds. The molecule has 2 aromatic carbocycles. The molecule has 2 aliphatic heterocycles. The number of nitro groups is 1. The molecule has 1 fully saturated rings. The fourth-order valence-corrected chi connectivity index (χ4v) is 4.71. The summed E-state index contributed by atoms with van der Waals surface area (Å²) in [6.45, 7) is 2.01. The summed E-state index contributed by atoms with van der Waals surface area (Å²) in [5, 5.41) is 13.7. The summed E-state index contributed by atoms with van der Waals surface area (Å²) in [7, 11) is 1.75. The number of nitro benzene ring substituents is 1. The minimum Gasteiger partial charge on any atom is -0.366 e. The van der Waals surface area contributed by atoms with Gasteiger partial charge in [0, 0.05) is 37.8 Å². The van der Waals surface area contributed by atoms with Gasteiger partial charge in [-0.15, -0.1) is 0 Å². The fourth-order valence-electron chi connectivity index (χ4n) is 4.71. The molecule has 160 valence electrons. The van der Waals surface area contributed by atoms with Crippen LogP contribution in [0.25, 0.3) is 0 Å². The second kappa shape index (κ2) is 7.50. The van der Waals surface area contributed by atoms with Gasteiger partial charge in [0.2, 0.25) is 11.8 Å². The molecule has 0 aromatic heterocycles. The summed E-state index contributed by atoms with van der Waals surface area (Å²) >= 11 is 0. The van der Waals surface area contributed by atoms with Gasteiger partial charge in [0.25, 0.3) is 5.69 Å². The predicted molar refractivity (Wildman–Crippen MR) is 112 cm³/mol. The minimum atomic E-state index is -1.64. The number of amides is 4. The van der Waals surface area contributed by atoms with Crippen molar-refractivity contribution in [2.45, 2.75) is 25.8 Å². The van der Waals surface area contributed by atoms with Gasteiger partial charge in [0.1, 0.15) is 0 Å². The van der Waals surface area contributed by atoms with E-state index in [-0.39, 0.29) is 18.7 Å². The Morgan fingerprint density at radius 2 is 1.87 bits per heavy atom. The van der Waals surface area contributed by atoms with Gasteiger partial charge in [0.15, 0.2) is 5.41 Å². The molecule has 9 nitrogen and oxygen atoms in total. The molecule has 0 aliphatic carbocycles. The zero-order chi connectivity index (χ0) is 22.3. The van der Waals surface area contributed by atoms with E-state index in [4.69, 9.17) is 0 Å². The normalized spacial score (nSPS) is 23.0. The SMILES string of the molecule is CCCN1C(=O)NC(=O)C2(Cc3cc([N+](=O)[O-])ccc3N(C)C2c2ccccc2)C1=O. The first-order valence-electron chi connectivity index (χ1n) is 10.0. The highest BCUT2D eigenvalue weighted by Crippen LogP contribution is 2.51. The first kappa shape index (κ1) is 20.5. The Morgan fingerprint density at radius 1 is 1.16 bits per heavy atom. The molecule has 1 N–H and O–H groups in total. The third kappa shape index (κ3) is 3.04. The van der Waals surface area contributed by atoms with E-state index in [9.17, 15) is 24.5 Å². The summed E-state index contributed by atoms with van der Waals surface area (Å²) in [4.78, 5) is 53.2. The lowest BCUT2D eigenvalue weighted by molar-refractivity contribution is -0.384. The molecular weight excluding hydrogens is 400 g/mol. The number of fused-ring (bicyclic) bond motifs is 1. The molecule has 4 rings (SSSR count). The third-order valence-corrected chi connectivity index (χ3v) is 6.04. The van der Waals surface area contributed by atoms with Crippen molar-refractivity contribution in [3.05, 3.63) is 69.8 Å². The molecule has 0 bridgehead atoms. The molecule has 2 unspecified atom stereocenters. The van der Waals surface area contributed by atoms with Crippen molar-refractivity contribution in [2.75, 3.05) is 18.5 Å². The standard InChI is InChI=1S/C22H22N4O5/c1-3-11-25-20(28)22(19(27)23-21(25)29)13-15-12-16(26(30)31)9-10-17(15)24(2)18(22)14-7-5-4-6-8-14/h4-10,12,18H,3,11,13H2,1-2H3,(H,23,27,29). The van der Waals surface area contributed by atoms with E-state index in [1.165, 1.54) is 12.1 Å². The number of carbonyl (C=O) groups is 3. The van der Waals surface area contributed by atoms with Gasteiger partial charge in [-0.3, -0.25) is 29.9 Å². The number of urea groups is 1. The summed E-state index contributed by atoms with van der Waals surface area (Å²) in [5.41, 5.74) is 0.193. The van der Waals surface area contributed by atoms with Gasteiger partial charge in [-0.05, 0) is 23.6 Å². The average molecular weight is 422 g/mol. The van der Waals surface area contributed by atoms with Gasteiger partial charge >= 0.3 is 6.03 Å². The molecule has 31 heavy (non-hydrogen) atoms. The van der Waals surface area contributed by atoms with Crippen molar-refractivity contribution in [3.8, 4) is 0 Å². The van der Waals surface area contributed by atoms with Crippen molar-refractivity contribution >= 4 is 29.2 Å². The lowest BCUT2D eigenvalue weighted by atomic mass is 9.66. The number of hydrogen-bond acceptors (Lipinski definition) is 6. The Bertz CT molecular complexity index is 1090. The van der Waals surface area contributed by atoms with Crippen LogP contribution in [0.15, 0.2) is 48.5 Å². The highest BCUT2D eigenvalue weighted by molar-refractivity contribution is 6.20. The fraction of sp³-hybridized carbons (Fsp3) is 0.318. The zero-order valence-electron chi connectivity index (χ0n) is 17.2. The molecule has 2 aromatic rings. The van der Waals surface area contributed by atoms with Crippen LogP contribution >= 0.6 is 0 Å². The number of nitrogens with zero attached hydrogens (tertiary/aromatic N) is 3. The predicted octanol–water partition coefficient (Wildman–Crippen LogP) is 2.80. The summed E-state index contributed by atoms with van der Waals surface area (Å²) in [6.07, 6.45) is 0.489. The van der Waals surface area contributed by atoms with E-state index in [1.54, 1.807) is 18.0 Å². The highest BCUT2D eigenvalue weighted by atomic mass is 16.6. The number of nitrogens with one attached hydrogen (secondary N) is 1. The monoisotopic (exact) mass is 422 g/mol. The Hall–Kier alpha value is -3.75. The lowest BCUT2D eigenvalue weighted by Crippen LogP contribution is -2.69. The Morgan fingerprint density at radius 3 is 2.52 bits per heavy atom. The minimum absolute atomic E-state index is 0.0495. The number of carbonyl (C=O) groups excluding carboxylic acids is 3. The first-order valence-corrected chi connectivity index (χ1v) is 10.0. The van der Waals surface area contributed by atoms with Crippen LogP contribution in [0, 0.1) is 15.5 Å². The van der Waals surface area contributed by atoms with Crippen LogP contribution in [-0.4, -0.2) is 41.3 Å². The number of hydrogen-bond donors (Lipinski definition) is 1. The van der Waals surface area contributed by atoms with Crippen LogP contribution in [0.5, 0.6) is 0 Å². The van der Waals surface area contributed by atoms with Crippen molar-refractivity contribution in [3.63, 3.8) is 0 Å². The Balaban J connectivity index is 1.95. The van der Waals surface area contributed by atoms with E-state index < -0.39 is 34.2 Å². The van der Waals surface area contributed by atoms with Gasteiger partial charge in [-0.25, -0.2) is 4.79 Å². The van der Waals surface area contributed by atoms with E-state index in [2.05, 4.69) is 5.32 Å². The van der Waals surface area contributed by atoms with Crippen LogP contribution < -0.4 is 10.2 Å². The molecular formula is C22H22N4O5. The Kier molecular flexibility index (Phi) is 4.96. The quantitative estimate of drug-likeness (QED) is 0.461. The van der Waals surface area contributed by atoms with Crippen LogP contribution in [-0.2, 0) is 16.0 Å². The molecule has 2 heterocycles. The topological polar surface area (TPSA) is 113 Å². The van der Waals surface area contributed by atoms with Crippen LogP contribution in [0.2, 0.25) is 0 Å². The molecule has 1 saturated heterocycles. The van der Waals surface area contributed by atoms with E-state index in [1.807, 2.05) is 37.3 Å². The van der Waals surface area contributed by atoms with Crippen LogP contribution in [0.4, 0.5) is 16.2 Å². The van der Waals surface area contributed by atoms with Crippen molar-refractivity contribution in [1.82, 2.24) is 10.2 Å². The van der Waals surface area contributed by atoms with Crippen LogP contribution in [0.3, 0.4) is 0 Å². The van der Waals surface area contributed by atoms with Gasteiger partial charge in [-0.2, -0.15) is 0 Å². The largest absolute Gasteiger partial charge is 0.366 e. The molecule has 0 radical (unpaired) electrons. The maximum absolute atomic E-state index is 13.8. The number of barbiturate groups is 1. The van der Waals surface area contributed by atoms with Gasteiger partial charge in [0.05, 0.1) is 11.0 Å². The number of benzene rings is 2. The molecule has 1 spiro atoms. The average Bonchev–Trinajstić information content (AvgIpc) is 2.75. The number of imide groups is 2. The van der Waals surface area contributed by atoms with Crippen molar-refractivity contribution in [1.29, 1.82) is 0 Å². The van der Waals surface area contributed by atoms with E-state index in [0.717, 1.165) is 10.5 Å². The third-order valence-electron chi connectivity index (χ3n) is 6.04. The number of rotatable bonds is 4. The molecule has 2 aliphatic rings. The number of non-ortho nitro benzene ring substituents is 1. The molecule has 9 heteroatoms. The first-order chi connectivity index (χ1) is 14.8. The second-order valence-corrected chi connectivity index (χ2v) is 7.86. The zero-order valence-corrected chi connectivity index (χ0v) is 17.2.